The molecule has 1 aromatic carbocycles. The molecule has 0 radical (unpaired) electrons. The van der Waals surface area contributed by atoms with E-state index < -0.39 is 23.8 Å². The molecule has 5 heterocycles. The van der Waals surface area contributed by atoms with Crippen LogP contribution in [-0.2, 0) is 9.59 Å². The lowest BCUT2D eigenvalue weighted by Crippen LogP contribution is -2.63. The van der Waals surface area contributed by atoms with Crippen LogP contribution in [0.1, 0.15) is 40.0 Å². The molecular formula is C21H23N5O4. The SMILES string of the molecule is O=C1CCC(N2C(=O)c3ccc(N4CC(N5C[C@@H]6C[C@H]5CN6)C4)cc3C2=O)C(=O)N1. The van der Waals surface area contributed by atoms with Gasteiger partial charge in [-0.3, -0.25) is 34.3 Å². The van der Waals surface area contributed by atoms with Crippen molar-refractivity contribution >= 4 is 29.3 Å². The molecule has 30 heavy (non-hydrogen) atoms. The highest BCUT2D eigenvalue weighted by molar-refractivity contribution is 6.23. The Kier molecular flexibility index (Phi) is 3.82. The van der Waals surface area contributed by atoms with Crippen molar-refractivity contribution in [2.75, 3.05) is 31.1 Å². The van der Waals surface area contributed by atoms with Crippen molar-refractivity contribution in [2.24, 2.45) is 0 Å². The first kappa shape index (κ1) is 18.0. The molecule has 4 fully saturated rings. The number of rotatable bonds is 3. The zero-order valence-electron chi connectivity index (χ0n) is 16.5. The van der Waals surface area contributed by atoms with E-state index in [-0.39, 0.29) is 18.7 Å². The monoisotopic (exact) mass is 409 g/mol. The number of piperazine rings is 1. The Morgan fingerprint density at radius 3 is 2.43 bits per heavy atom. The van der Waals surface area contributed by atoms with Crippen LogP contribution >= 0.6 is 0 Å². The highest BCUT2D eigenvalue weighted by atomic mass is 16.2. The quantitative estimate of drug-likeness (QED) is 0.638. The summed E-state index contributed by atoms with van der Waals surface area (Å²) in [6, 6.07) is 6.22. The van der Waals surface area contributed by atoms with Gasteiger partial charge in [0.25, 0.3) is 11.8 Å². The molecule has 2 bridgehead atoms. The van der Waals surface area contributed by atoms with Gasteiger partial charge in [-0.05, 0) is 31.0 Å². The second kappa shape index (κ2) is 6.36. The van der Waals surface area contributed by atoms with Gasteiger partial charge in [0.1, 0.15) is 6.04 Å². The molecular weight excluding hydrogens is 386 g/mol. The zero-order valence-corrected chi connectivity index (χ0v) is 16.5. The summed E-state index contributed by atoms with van der Waals surface area (Å²) in [6.07, 6.45) is 1.53. The summed E-state index contributed by atoms with van der Waals surface area (Å²) >= 11 is 0. The number of hydrogen-bond donors (Lipinski definition) is 2. The number of fused-ring (bicyclic) bond motifs is 3. The lowest BCUT2D eigenvalue weighted by Gasteiger charge is -2.48. The predicted octanol–water partition coefficient (Wildman–Crippen LogP) is -0.677. The van der Waals surface area contributed by atoms with E-state index >= 15 is 0 Å². The van der Waals surface area contributed by atoms with Crippen molar-refractivity contribution in [1.82, 2.24) is 20.4 Å². The summed E-state index contributed by atoms with van der Waals surface area (Å²) in [5.74, 6) is -1.87. The van der Waals surface area contributed by atoms with E-state index in [1.165, 1.54) is 6.42 Å². The maximum atomic E-state index is 13.0. The molecule has 0 aliphatic carbocycles. The van der Waals surface area contributed by atoms with Gasteiger partial charge in [0.05, 0.1) is 11.1 Å². The fourth-order valence-corrected chi connectivity index (χ4v) is 5.57. The molecule has 9 heteroatoms. The minimum absolute atomic E-state index is 0.123. The number of nitrogens with zero attached hydrogens (tertiary/aromatic N) is 3. The van der Waals surface area contributed by atoms with E-state index in [2.05, 4.69) is 20.4 Å². The molecule has 0 saturated carbocycles. The molecule has 1 aromatic rings. The lowest BCUT2D eigenvalue weighted by atomic mass is 10.0. The Bertz CT molecular complexity index is 988. The summed E-state index contributed by atoms with van der Waals surface area (Å²) in [7, 11) is 0. The van der Waals surface area contributed by atoms with Gasteiger partial charge >= 0.3 is 0 Å². The first-order valence-corrected chi connectivity index (χ1v) is 10.6. The van der Waals surface area contributed by atoms with Gasteiger partial charge in [0.15, 0.2) is 0 Å². The smallest absolute Gasteiger partial charge is 0.262 e. The first-order chi connectivity index (χ1) is 14.5. The number of nitrogens with one attached hydrogen (secondary N) is 2. The summed E-state index contributed by atoms with van der Waals surface area (Å²) in [6.45, 7) is 4.02. The highest BCUT2D eigenvalue weighted by Gasteiger charge is 2.46. The Morgan fingerprint density at radius 2 is 1.73 bits per heavy atom. The molecule has 6 rings (SSSR count). The third-order valence-electron chi connectivity index (χ3n) is 7.22. The molecule has 4 saturated heterocycles. The minimum Gasteiger partial charge on any atom is -0.368 e. The van der Waals surface area contributed by atoms with Gasteiger partial charge in [-0.2, -0.15) is 0 Å². The average Bonchev–Trinajstić information content (AvgIpc) is 3.37. The number of hydrogen-bond acceptors (Lipinski definition) is 7. The number of imide groups is 2. The van der Waals surface area contributed by atoms with Crippen LogP contribution in [0.2, 0.25) is 0 Å². The van der Waals surface area contributed by atoms with Crippen molar-refractivity contribution in [3.63, 3.8) is 0 Å². The van der Waals surface area contributed by atoms with E-state index in [4.69, 9.17) is 0 Å². The molecule has 4 amide bonds. The number of likely N-dealkylation sites (tertiary alicyclic amines) is 1. The highest BCUT2D eigenvalue weighted by Crippen LogP contribution is 2.34. The molecule has 1 unspecified atom stereocenters. The van der Waals surface area contributed by atoms with Crippen molar-refractivity contribution in [3.8, 4) is 0 Å². The molecule has 156 valence electrons. The Hall–Kier alpha value is -2.78. The second-order valence-corrected chi connectivity index (χ2v) is 8.93. The standard InChI is InChI=1S/C21H23N5O4/c27-18-4-3-17(19(28)23-18)26-20(29)15-2-1-12(6-16(15)21(26)30)24-9-14(10-24)25-8-11-5-13(25)7-22-11/h1-2,6,11,13-14,17,22H,3-5,7-10H2,(H,23,27,28)/t11-,13-,17?/m0/s1. The maximum Gasteiger partial charge on any atom is 0.262 e. The normalized spacial score (nSPS) is 31.4. The first-order valence-electron chi connectivity index (χ1n) is 10.6. The van der Waals surface area contributed by atoms with E-state index in [0.717, 1.165) is 36.8 Å². The van der Waals surface area contributed by atoms with Gasteiger partial charge in [0.2, 0.25) is 11.8 Å². The Morgan fingerprint density at radius 1 is 0.933 bits per heavy atom. The second-order valence-electron chi connectivity index (χ2n) is 8.93. The topological polar surface area (TPSA) is 102 Å². The van der Waals surface area contributed by atoms with E-state index in [1.807, 2.05) is 6.07 Å². The van der Waals surface area contributed by atoms with Crippen LogP contribution in [0, 0.1) is 0 Å². The van der Waals surface area contributed by atoms with Crippen LogP contribution < -0.4 is 15.5 Å². The number of benzene rings is 1. The van der Waals surface area contributed by atoms with E-state index in [9.17, 15) is 19.2 Å². The van der Waals surface area contributed by atoms with Gasteiger partial charge in [-0.25, -0.2) is 0 Å². The van der Waals surface area contributed by atoms with E-state index in [0.29, 0.717) is 29.3 Å². The van der Waals surface area contributed by atoms with Gasteiger partial charge in [0, 0.05) is 56.4 Å². The largest absolute Gasteiger partial charge is 0.368 e. The van der Waals surface area contributed by atoms with Crippen molar-refractivity contribution < 1.29 is 19.2 Å². The number of piperidine rings is 1. The van der Waals surface area contributed by atoms with Crippen LogP contribution in [0.5, 0.6) is 0 Å². The number of carbonyl (C=O) groups is 4. The lowest BCUT2D eigenvalue weighted by molar-refractivity contribution is -0.136. The third-order valence-corrected chi connectivity index (χ3v) is 7.22. The number of carbonyl (C=O) groups excluding carboxylic acids is 4. The van der Waals surface area contributed by atoms with Gasteiger partial charge in [-0.15, -0.1) is 0 Å². The molecule has 5 aliphatic rings. The van der Waals surface area contributed by atoms with Crippen molar-refractivity contribution in [2.45, 2.75) is 43.4 Å². The zero-order chi connectivity index (χ0) is 20.6. The number of amides is 4. The molecule has 5 aliphatic heterocycles. The van der Waals surface area contributed by atoms with E-state index in [1.54, 1.807) is 12.1 Å². The molecule has 0 spiro atoms. The summed E-state index contributed by atoms with van der Waals surface area (Å²) in [5.41, 5.74) is 1.60. The minimum atomic E-state index is -0.925. The van der Waals surface area contributed by atoms with Crippen LogP contribution in [0.25, 0.3) is 0 Å². The average molecular weight is 409 g/mol. The molecule has 9 nitrogen and oxygen atoms in total. The van der Waals surface area contributed by atoms with Crippen LogP contribution in [0.4, 0.5) is 5.69 Å². The third kappa shape index (κ3) is 2.55. The fourth-order valence-electron chi connectivity index (χ4n) is 5.57. The summed E-state index contributed by atoms with van der Waals surface area (Å²) in [5, 5.41) is 5.75. The maximum absolute atomic E-state index is 13.0. The van der Waals surface area contributed by atoms with Crippen LogP contribution in [-0.4, -0.2) is 83.8 Å². The Labute approximate surface area is 173 Å². The van der Waals surface area contributed by atoms with Gasteiger partial charge in [-0.1, -0.05) is 0 Å². The molecule has 2 N–H and O–H groups in total. The summed E-state index contributed by atoms with van der Waals surface area (Å²) in [4.78, 5) is 55.2. The van der Waals surface area contributed by atoms with Crippen LogP contribution in [0.3, 0.4) is 0 Å². The van der Waals surface area contributed by atoms with Gasteiger partial charge < -0.3 is 10.2 Å². The van der Waals surface area contributed by atoms with Crippen molar-refractivity contribution in [3.05, 3.63) is 29.3 Å². The van der Waals surface area contributed by atoms with Crippen molar-refractivity contribution in [1.29, 1.82) is 0 Å². The Balaban J connectivity index is 1.18. The summed E-state index contributed by atoms with van der Waals surface area (Å²) < 4.78 is 0. The fraction of sp³-hybridized carbons (Fsp3) is 0.524. The molecule has 0 aromatic heterocycles. The molecule has 3 atom stereocenters. The van der Waals surface area contributed by atoms with Crippen LogP contribution in [0.15, 0.2) is 18.2 Å². The number of anilines is 1. The predicted molar refractivity (Wildman–Crippen MR) is 106 cm³/mol.